The molecule has 1 aromatic carbocycles. The molecule has 0 aliphatic carbocycles. The highest BCUT2D eigenvalue weighted by atomic mass is 19.1. The first-order chi connectivity index (χ1) is 9.70. The van der Waals surface area contributed by atoms with Gasteiger partial charge in [-0.3, -0.25) is 14.4 Å². The van der Waals surface area contributed by atoms with Crippen LogP contribution in [0.25, 0.3) is 0 Å². The van der Waals surface area contributed by atoms with Crippen LogP contribution in [-0.2, 0) is 14.3 Å². The van der Waals surface area contributed by atoms with Gasteiger partial charge in [-0.05, 0) is 51.5 Å². The summed E-state index contributed by atoms with van der Waals surface area (Å²) in [4.78, 5) is 34.7. The molecular weight excluding hydrogens is 275 g/mol. The van der Waals surface area contributed by atoms with Gasteiger partial charge in [-0.2, -0.15) is 0 Å². The fraction of sp³-hybridized carbons (Fsp3) is 0.438. The quantitative estimate of drug-likeness (QED) is 0.475. The van der Waals surface area contributed by atoms with Crippen LogP contribution in [0.4, 0.5) is 4.39 Å². The maximum Gasteiger partial charge on any atom is 0.318 e. The summed E-state index contributed by atoms with van der Waals surface area (Å²) in [5.41, 5.74) is -0.338. The van der Waals surface area contributed by atoms with E-state index in [9.17, 15) is 18.8 Å². The minimum Gasteiger partial charge on any atom is -0.393 e. The first kappa shape index (κ1) is 17.0. The Balaban J connectivity index is 2.36. The largest absolute Gasteiger partial charge is 0.393 e. The maximum absolute atomic E-state index is 12.7. The van der Waals surface area contributed by atoms with Crippen LogP contribution in [0.1, 0.15) is 50.4 Å². The predicted molar refractivity (Wildman–Crippen MR) is 75.1 cm³/mol. The molecule has 0 radical (unpaired) electrons. The molecule has 1 rings (SSSR count). The molecule has 21 heavy (non-hydrogen) atoms. The van der Waals surface area contributed by atoms with E-state index in [4.69, 9.17) is 0 Å². The van der Waals surface area contributed by atoms with Crippen molar-refractivity contribution >= 4 is 17.7 Å². The third kappa shape index (κ3) is 5.85. The number of ketones is 1. The van der Waals surface area contributed by atoms with Crippen molar-refractivity contribution in [2.45, 2.75) is 40.0 Å². The highest BCUT2D eigenvalue weighted by molar-refractivity contribution is 5.96. The molecule has 0 aliphatic heterocycles. The van der Waals surface area contributed by atoms with Crippen LogP contribution in [0.2, 0.25) is 0 Å². The molecular formula is C16H19FO4. The van der Waals surface area contributed by atoms with Gasteiger partial charge in [0.2, 0.25) is 0 Å². The summed E-state index contributed by atoms with van der Waals surface area (Å²) in [5.74, 6) is -1.81. The Hall–Kier alpha value is -2.04. The normalized spacial score (nSPS) is 11.0. The summed E-state index contributed by atoms with van der Waals surface area (Å²) >= 11 is 0. The van der Waals surface area contributed by atoms with Gasteiger partial charge in [-0.1, -0.05) is 0 Å². The number of halogens is 1. The fourth-order valence-corrected chi connectivity index (χ4v) is 1.48. The molecule has 0 amide bonds. The second-order valence-electron chi connectivity index (χ2n) is 5.80. The van der Waals surface area contributed by atoms with Crippen molar-refractivity contribution < 1.29 is 23.5 Å². The number of ether oxygens (including phenoxy) is 1. The Morgan fingerprint density at radius 3 is 2.14 bits per heavy atom. The molecule has 0 fully saturated rings. The Morgan fingerprint density at radius 2 is 1.62 bits per heavy atom. The van der Waals surface area contributed by atoms with Crippen LogP contribution in [0.5, 0.6) is 0 Å². The third-order valence-corrected chi connectivity index (χ3v) is 2.77. The highest BCUT2D eigenvalue weighted by Crippen LogP contribution is 2.16. The van der Waals surface area contributed by atoms with E-state index in [1.807, 2.05) is 0 Å². The molecule has 0 heterocycles. The SMILES string of the molecule is CC(C)(C)C(=O)OC(=O)CCCC(=O)c1ccc(F)cc1. The van der Waals surface area contributed by atoms with Crippen LogP contribution in [0, 0.1) is 11.2 Å². The molecule has 0 N–H and O–H groups in total. The Labute approximate surface area is 123 Å². The first-order valence-electron chi connectivity index (χ1n) is 6.74. The summed E-state index contributed by atoms with van der Waals surface area (Å²) < 4.78 is 17.4. The summed E-state index contributed by atoms with van der Waals surface area (Å²) in [7, 11) is 0. The molecule has 0 atom stereocenters. The minimum absolute atomic E-state index is 0.00520. The van der Waals surface area contributed by atoms with Crippen molar-refractivity contribution in [2.75, 3.05) is 0 Å². The average molecular weight is 294 g/mol. The number of rotatable bonds is 5. The third-order valence-electron chi connectivity index (χ3n) is 2.77. The number of benzene rings is 1. The van der Waals surface area contributed by atoms with Gasteiger partial charge in [0.1, 0.15) is 5.82 Å². The van der Waals surface area contributed by atoms with Crippen LogP contribution >= 0.6 is 0 Å². The summed E-state index contributed by atoms with van der Waals surface area (Å²) in [5, 5.41) is 0. The van der Waals surface area contributed by atoms with E-state index in [2.05, 4.69) is 4.74 Å². The van der Waals surface area contributed by atoms with Gasteiger partial charge in [-0.15, -0.1) is 0 Å². The zero-order chi connectivity index (χ0) is 16.0. The molecule has 0 aromatic heterocycles. The Morgan fingerprint density at radius 1 is 1.05 bits per heavy atom. The van der Waals surface area contributed by atoms with Gasteiger partial charge in [0.15, 0.2) is 5.78 Å². The van der Waals surface area contributed by atoms with Gasteiger partial charge in [0.05, 0.1) is 5.41 Å². The van der Waals surface area contributed by atoms with E-state index >= 15 is 0 Å². The van der Waals surface area contributed by atoms with Crippen molar-refractivity contribution in [3.05, 3.63) is 35.6 Å². The van der Waals surface area contributed by atoms with Crippen LogP contribution in [-0.4, -0.2) is 17.7 Å². The number of carbonyl (C=O) groups is 3. The zero-order valence-electron chi connectivity index (χ0n) is 12.4. The number of carbonyl (C=O) groups excluding carboxylic acids is 3. The molecule has 4 nitrogen and oxygen atoms in total. The lowest BCUT2D eigenvalue weighted by Gasteiger charge is -2.15. The fourth-order valence-electron chi connectivity index (χ4n) is 1.48. The second kappa shape index (κ2) is 7.11. The van der Waals surface area contributed by atoms with Gasteiger partial charge in [-0.25, -0.2) is 4.39 Å². The highest BCUT2D eigenvalue weighted by Gasteiger charge is 2.25. The van der Waals surface area contributed by atoms with E-state index in [1.165, 1.54) is 24.3 Å². The second-order valence-corrected chi connectivity index (χ2v) is 5.80. The zero-order valence-corrected chi connectivity index (χ0v) is 12.4. The van der Waals surface area contributed by atoms with Crippen molar-refractivity contribution in [3.63, 3.8) is 0 Å². The molecule has 114 valence electrons. The lowest BCUT2D eigenvalue weighted by atomic mass is 9.97. The number of esters is 2. The van der Waals surface area contributed by atoms with E-state index in [0.29, 0.717) is 5.56 Å². The topological polar surface area (TPSA) is 60.4 Å². The summed E-state index contributed by atoms with van der Waals surface area (Å²) in [6.07, 6.45) is 0.422. The monoisotopic (exact) mass is 294 g/mol. The number of Topliss-reactive ketones (excluding diaryl/α,β-unsaturated/α-hetero) is 1. The average Bonchev–Trinajstić information content (AvgIpc) is 2.38. The van der Waals surface area contributed by atoms with E-state index in [1.54, 1.807) is 20.8 Å². The number of hydrogen-bond donors (Lipinski definition) is 0. The van der Waals surface area contributed by atoms with E-state index in [0.717, 1.165) is 0 Å². The van der Waals surface area contributed by atoms with Crippen LogP contribution < -0.4 is 0 Å². The van der Waals surface area contributed by atoms with Crippen molar-refractivity contribution in [2.24, 2.45) is 5.41 Å². The lowest BCUT2D eigenvalue weighted by Crippen LogP contribution is -2.25. The molecule has 0 spiro atoms. The lowest BCUT2D eigenvalue weighted by molar-refractivity contribution is -0.165. The summed E-state index contributed by atoms with van der Waals surface area (Å²) in [6, 6.07) is 5.23. The Bertz CT molecular complexity index is 526. The minimum atomic E-state index is -0.737. The number of hydrogen-bond acceptors (Lipinski definition) is 4. The van der Waals surface area contributed by atoms with Gasteiger partial charge in [0.25, 0.3) is 0 Å². The molecule has 0 saturated carbocycles. The summed E-state index contributed by atoms with van der Waals surface area (Å²) in [6.45, 7) is 4.96. The van der Waals surface area contributed by atoms with Crippen LogP contribution in [0.3, 0.4) is 0 Å². The maximum atomic E-state index is 12.7. The molecule has 0 saturated heterocycles. The van der Waals surface area contributed by atoms with Gasteiger partial charge in [0, 0.05) is 18.4 Å². The molecule has 1 aromatic rings. The van der Waals surface area contributed by atoms with E-state index < -0.39 is 23.2 Å². The van der Waals surface area contributed by atoms with Crippen LogP contribution in [0.15, 0.2) is 24.3 Å². The Kier molecular flexibility index (Phi) is 5.76. The molecule has 5 heteroatoms. The van der Waals surface area contributed by atoms with Crippen molar-refractivity contribution in [1.29, 1.82) is 0 Å². The first-order valence-corrected chi connectivity index (χ1v) is 6.74. The standard InChI is InChI=1S/C16H19FO4/c1-16(2,3)15(20)21-14(19)6-4-5-13(18)11-7-9-12(17)10-8-11/h7-10H,4-6H2,1-3H3. The van der Waals surface area contributed by atoms with Crippen molar-refractivity contribution in [1.82, 2.24) is 0 Å². The van der Waals surface area contributed by atoms with E-state index in [-0.39, 0.29) is 25.0 Å². The molecule has 0 aliphatic rings. The van der Waals surface area contributed by atoms with Crippen molar-refractivity contribution in [3.8, 4) is 0 Å². The predicted octanol–water partition coefficient (Wildman–Crippen LogP) is 3.29. The molecule has 0 unspecified atom stereocenters. The van der Waals surface area contributed by atoms with Gasteiger partial charge >= 0.3 is 11.9 Å². The smallest absolute Gasteiger partial charge is 0.318 e. The molecule has 0 bridgehead atoms. The van der Waals surface area contributed by atoms with Gasteiger partial charge < -0.3 is 4.74 Å².